The molecular formula is C19H20Cl3N3O3. The zero-order valence-corrected chi connectivity index (χ0v) is 17.5. The van der Waals surface area contributed by atoms with Gasteiger partial charge in [0, 0.05) is 25.8 Å². The van der Waals surface area contributed by atoms with Gasteiger partial charge < -0.3 is 14.8 Å². The number of carbonyl (C=O) groups excluding carboxylic acids is 1. The number of hydrogen-bond donors (Lipinski definition) is 1. The van der Waals surface area contributed by atoms with Crippen molar-refractivity contribution >= 4 is 40.7 Å². The average Bonchev–Trinajstić information content (AvgIpc) is 2.73. The number of morpholine rings is 1. The first-order valence-electron chi connectivity index (χ1n) is 8.74. The Kier molecular flexibility index (Phi) is 7.37. The Morgan fingerprint density at radius 1 is 1.21 bits per heavy atom. The van der Waals surface area contributed by atoms with Crippen molar-refractivity contribution in [2.24, 2.45) is 0 Å². The molecule has 6 nitrogen and oxygen atoms in total. The summed E-state index contributed by atoms with van der Waals surface area (Å²) in [5.74, 6) is 0.371. The molecule has 0 radical (unpaired) electrons. The molecule has 0 aliphatic carbocycles. The molecule has 0 saturated carbocycles. The van der Waals surface area contributed by atoms with Crippen LogP contribution in [0.3, 0.4) is 0 Å². The highest BCUT2D eigenvalue weighted by Crippen LogP contribution is 2.31. The second-order valence-electron chi connectivity index (χ2n) is 6.23. The molecule has 0 bridgehead atoms. The minimum atomic E-state index is -0.407. The van der Waals surface area contributed by atoms with E-state index in [2.05, 4.69) is 15.2 Å². The van der Waals surface area contributed by atoms with E-state index in [-0.39, 0.29) is 26.8 Å². The summed E-state index contributed by atoms with van der Waals surface area (Å²) in [6.45, 7) is 3.24. The van der Waals surface area contributed by atoms with E-state index in [4.69, 9.17) is 44.3 Å². The van der Waals surface area contributed by atoms with Crippen LogP contribution in [0.15, 0.2) is 30.5 Å². The zero-order valence-electron chi connectivity index (χ0n) is 15.3. The molecule has 1 saturated heterocycles. The highest BCUT2D eigenvalue weighted by molar-refractivity contribution is 6.48. The highest BCUT2D eigenvalue weighted by Gasteiger charge is 2.24. The van der Waals surface area contributed by atoms with Gasteiger partial charge in [-0.25, -0.2) is 4.98 Å². The van der Waals surface area contributed by atoms with Gasteiger partial charge in [0.25, 0.3) is 5.91 Å². The minimum Gasteiger partial charge on any atom is -0.497 e. The van der Waals surface area contributed by atoms with Crippen LogP contribution in [0.4, 0.5) is 0 Å². The smallest absolute Gasteiger partial charge is 0.271 e. The third kappa shape index (κ3) is 4.88. The molecule has 1 N–H and O–H groups in total. The van der Waals surface area contributed by atoms with E-state index in [9.17, 15) is 4.79 Å². The number of halogens is 3. The molecule has 28 heavy (non-hydrogen) atoms. The number of rotatable bonds is 6. The van der Waals surface area contributed by atoms with Crippen LogP contribution in [0, 0.1) is 0 Å². The molecule has 1 aliphatic rings. The van der Waals surface area contributed by atoms with Gasteiger partial charge in [-0.2, -0.15) is 0 Å². The maximum Gasteiger partial charge on any atom is 0.271 e. The molecule has 2 aromatic rings. The zero-order chi connectivity index (χ0) is 20.1. The topological polar surface area (TPSA) is 63.7 Å². The van der Waals surface area contributed by atoms with E-state index in [0.717, 1.165) is 24.4 Å². The van der Waals surface area contributed by atoms with Gasteiger partial charge >= 0.3 is 0 Å². The minimum absolute atomic E-state index is 0.0275. The van der Waals surface area contributed by atoms with Crippen molar-refractivity contribution in [3.8, 4) is 5.75 Å². The predicted molar refractivity (Wildman–Crippen MR) is 110 cm³/mol. The van der Waals surface area contributed by atoms with Crippen molar-refractivity contribution in [1.82, 2.24) is 15.2 Å². The largest absolute Gasteiger partial charge is 0.497 e. The first-order chi connectivity index (χ1) is 13.5. The van der Waals surface area contributed by atoms with E-state index in [1.54, 1.807) is 7.11 Å². The number of pyridine rings is 1. The molecule has 150 valence electrons. The number of carbonyl (C=O) groups is 1. The lowest BCUT2D eigenvalue weighted by Gasteiger charge is -2.35. The van der Waals surface area contributed by atoms with Crippen LogP contribution < -0.4 is 10.1 Å². The van der Waals surface area contributed by atoms with Crippen LogP contribution in [0.25, 0.3) is 0 Å². The van der Waals surface area contributed by atoms with E-state index in [1.165, 1.54) is 6.20 Å². The first-order valence-corrected chi connectivity index (χ1v) is 9.88. The summed E-state index contributed by atoms with van der Waals surface area (Å²) in [4.78, 5) is 18.9. The highest BCUT2D eigenvalue weighted by atomic mass is 35.5. The molecule has 1 aromatic carbocycles. The van der Waals surface area contributed by atoms with E-state index in [1.807, 2.05) is 24.3 Å². The summed E-state index contributed by atoms with van der Waals surface area (Å²) in [6, 6.07) is 7.77. The van der Waals surface area contributed by atoms with Crippen molar-refractivity contribution in [2.45, 2.75) is 6.04 Å². The molecule has 0 spiro atoms. The average molecular weight is 445 g/mol. The summed E-state index contributed by atoms with van der Waals surface area (Å²) in [6.07, 6.45) is 1.31. The van der Waals surface area contributed by atoms with Crippen molar-refractivity contribution in [1.29, 1.82) is 0 Å². The molecule has 3 rings (SSSR count). The summed E-state index contributed by atoms with van der Waals surface area (Å²) in [5, 5.41) is 3.27. The molecule has 1 fully saturated rings. The van der Waals surface area contributed by atoms with Gasteiger partial charge in [-0.1, -0.05) is 46.9 Å². The van der Waals surface area contributed by atoms with Crippen LogP contribution in [0.5, 0.6) is 5.75 Å². The lowest BCUT2D eigenvalue weighted by Crippen LogP contribution is -2.44. The van der Waals surface area contributed by atoms with Gasteiger partial charge in [-0.05, 0) is 17.7 Å². The number of methoxy groups -OCH3 is 1. The van der Waals surface area contributed by atoms with Crippen molar-refractivity contribution in [3.63, 3.8) is 0 Å². The summed E-state index contributed by atoms with van der Waals surface area (Å²) in [7, 11) is 1.63. The van der Waals surface area contributed by atoms with E-state index >= 15 is 0 Å². The van der Waals surface area contributed by atoms with Crippen LogP contribution >= 0.6 is 34.8 Å². The quantitative estimate of drug-likeness (QED) is 0.733. The number of nitrogens with zero attached hydrogens (tertiary/aromatic N) is 2. The lowest BCUT2D eigenvalue weighted by atomic mass is 10.0. The monoisotopic (exact) mass is 443 g/mol. The lowest BCUT2D eigenvalue weighted by molar-refractivity contribution is 0.0162. The Hall–Kier alpha value is -1.57. The predicted octanol–water partition coefficient (Wildman–Crippen LogP) is 3.85. The van der Waals surface area contributed by atoms with Crippen molar-refractivity contribution in [2.75, 3.05) is 40.0 Å². The molecule has 1 aromatic heterocycles. The SMILES string of the molecule is COc1ccc([C@H](CNC(=O)c2ncc(Cl)c(Cl)c2Cl)N2CCOCC2)cc1. The molecule has 1 aliphatic heterocycles. The summed E-state index contributed by atoms with van der Waals surface area (Å²) in [5.41, 5.74) is 1.11. The Morgan fingerprint density at radius 2 is 1.89 bits per heavy atom. The Balaban J connectivity index is 1.77. The van der Waals surface area contributed by atoms with Gasteiger partial charge in [0.1, 0.15) is 11.4 Å². The van der Waals surface area contributed by atoms with Crippen LogP contribution in [0.1, 0.15) is 22.1 Å². The van der Waals surface area contributed by atoms with Crippen LogP contribution in [0.2, 0.25) is 15.1 Å². The number of benzene rings is 1. The fourth-order valence-corrected chi connectivity index (χ4v) is 3.61. The van der Waals surface area contributed by atoms with Crippen molar-refractivity contribution < 1.29 is 14.3 Å². The molecule has 1 amide bonds. The van der Waals surface area contributed by atoms with Crippen molar-refractivity contribution in [3.05, 3.63) is 56.8 Å². The molecule has 1 atom stereocenters. The maximum absolute atomic E-state index is 12.6. The second-order valence-corrected chi connectivity index (χ2v) is 7.39. The number of ether oxygens (including phenoxy) is 2. The maximum atomic E-state index is 12.6. The van der Waals surface area contributed by atoms with Gasteiger partial charge in [-0.15, -0.1) is 0 Å². The molecule has 9 heteroatoms. The molecule has 0 unspecified atom stereocenters. The number of hydrogen-bond acceptors (Lipinski definition) is 5. The number of amides is 1. The third-order valence-electron chi connectivity index (χ3n) is 4.58. The standard InChI is InChI=1S/C19H20Cl3N3O3/c1-27-13-4-2-12(3-5-13)15(25-6-8-28-9-7-25)11-24-19(26)18-17(22)16(21)14(20)10-23-18/h2-5,10,15H,6-9,11H2,1H3,(H,24,26)/t15-/m0/s1. The summed E-state index contributed by atoms with van der Waals surface area (Å²) >= 11 is 18.0. The van der Waals surface area contributed by atoms with E-state index in [0.29, 0.717) is 19.8 Å². The fourth-order valence-electron chi connectivity index (χ4n) is 3.05. The Bertz CT molecular complexity index is 827. The first kappa shape index (κ1) is 21.1. The second kappa shape index (κ2) is 9.76. The Morgan fingerprint density at radius 3 is 2.54 bits per heavy atom. The molecule has 2 heterocycles. The summed E-state index contributed by atoms with van der Waals surface area (Å²) < 4.78 is 10.7. The van der Waals surface area contributed by atoms with Gasteiger partial charge in [0.15, 0.2) is 0 Å². The molecular weight excluding hydrogens is 425 g/mol. The number of nitrogens with one attached hydrogen (secondary N) is 1. The number of aromatic nitrogens is 1. The third-order valence-corrected chi connectivity index (χ3v) is 5.82. The van der Waals surface area contributed by atoms with Gasteiger partial charge in [0.2, 0.25) is 0 Å². The normalized spacial score (nSPS) is 15.9. The van der Waals surface area contributed by atoms with Gasteiger partial charge in [-0.3, -0.25) is 9.69 Å². The van der Waals surface area contributed by atoms with Crippen LogP contribution in [-0.2, 0) is 4.74 Å². The van der Waals surface area contributed by atoms with E-state index < -0.39 is 5.91 Å². The fraction of sp³-hybridized carbons (Fsp3) is 0.368. The Labute approximate surface area is 178 Å². The van der Waals surface area contributed by atoms with Gasteiger partial charge in [0.05, 0.1) is 41.4 Å². The van der Waals surface area contributed by atoms with Crippen LogP contribution in [-0.4, -0.2) is 55.7 Å².